The Labute approximate surface area is 129 Å². The molecular weight excluding hydrogens is 298 g/mol. The molecule has 0 bridgehead atoms. The van der Waals surface area contributed by atoms with E-state index in [2.05, 4.69) is 12.1 Å². The second kappa shape index (κ2) is 6.46. The Bertz CT molecular complexity index is 870. The van der Waals surface area contributed by atoms with E-state index in [0.717, 1.165) is 11.1 Å². The number of rotatable bonds is 1. The zero-order valence-electron chi connectivity index (χ0n) is 11.8. The topological polar surface area (TPSA) is 112 Å². The molecule has 0 aliphatic rings. The number of fused-ring (bicyclic) bond motifs is 1. The fourth-order valence-corrected chi connectivity index (χ4v) is 2.42. The van der Waals surface area contributed by atoms with Crippen LogP contribution in [0.25, 0.3) is 10.8 Å². The fraction of sp³-hybridized carbons (Fsp3) is 0. The van der Waals surface area contributed by atoms with Crippen molar-refractivity contribution in [2.24, 2.45) is 5.14 Å². The normalized spacial score (nSPS) is 10.8. The lowest BCUT2D eigenvalue weighted by Gasteiger charge is -1.98. The van der Waals surface area contributed by atoms with E-state index in [0.29, 0.717) is 5.69 Å². The molecule has 114 valence electrons. The maximum absolute atomic E-state index is 10.7. The second-order valence-corrected chi connectivity index (χ2v) is 6.24. The van der Waals surface area contributed by atoms with Crippen molar-refractivity contribution >= 4 is 32.2 Å². The van der Waals surface area contributed by atoms with Gasteiger partial charge in [-0.3, -0.25) is 0 Å². The van der Waals surface area contributed by atoms with Crippen molar-refractivity contribution in [1.29, 1.82) is 0 Å². The van der Waals surface area contributed by atoms with Gasteiger partial charge in [-0.25, -0.2) is 13.6 Å². The summed E-state index contributed by atoms with van der Waals surface area (Å²) in [6.07, 6.45) is 0. The van der Waals surface area contributed by atoms with Crippen molar-refractivity contribution in [3.05, 3.63) is 66.7 Å². The fourth-order valence-electron chi connectivity index (χ4n) is 1.91. The molecule has 0 aliphatic heterocycles. The average Bonchev–Trinajstić information content (AvgIpc) is 2.48. The first-order chi connectivity index (χ1) is 10.4. The van der Waals surface area contributed by atoms with Gasteiger partial charge >= 0.3 is 0 Å². The quantitative estimate of drug-likeness (QED) is 0.598. The predicted molar refractivity (Wildman–Crippen MR) is 90.6 cm³/mol. The molecule has 0 amide bonds. The van der Waals surface area contributed by atoms with Gasteiger partial charge in [0.25, 0.3) is 0 Å². The van der Waals surface area contributed by atoms with Crippen LogP contribution < -0.4 is 16.6 Å². The van der Waals surface area contributed by atoms with E-state index >= 15 is 0 Å². The molecule has 22 heavy (non-hydrogen) atoms. The third kappa shape index (κ3) is 3.97. The predicted octanol–water partition coefficient (Wildman–Crippen LogP) is 2.34. The summed E-state index contributed by atoms with van der Waals surface area (Å²) in [6, 6.07) is 19.8. The van der Waals surface area contributed by atoms with Crippen LogP contribution in [-0.4, -0.2) is 8.42 Å². The highest BCUT2D eigenvalue weighted by atomic mass is 32.2. The Morgan fingerprint density at radius 1 is 0.727 bits per heavy atom. The molecule has 0 unspecified atom stereocenters. The zero-order chi connectivity index (χ0) is 16.2. The molecule has 0 radical (unpaired) electrons. The van der Waals surface area contributed by atoms with Crippen LogP contribution in [0.15, 0.2) is 71.6 Å². The van der Waals surface area contributed by atoms with E-state index in [4.69, 9.17) is 16.6 Å². The minimum atomic E-state index is -3.58. The Kier molecular flexibility index (Phi) is 4.65. The van der Waals surface area contributed by atoms with Crippen molar-refractivity contribution in [2.75, 3.05) is 11.5 Å². The first-order valence-corrected chi connectivity index (χ1v) is 8.04. The summed E-state index contributed by atoms with van der Waals surface area (Å²) in [5.74, 6) is 0. The summed E-state index contributed by atoms with van der Waals surface area (Å²) in [5, 5.41) is 7.17. The molecule has 3 aromatic rings. The Hall–Kier alpha value is -2.57. The summed E-state index contributed by atoms with van der Waals surface area (Å²) in [6.45, 7) is 0. The Morgan fingerprint density at radius 2 is 1.32 bits per heavy atom. The zero-order valence-corrected chi connectivity index (χ0v) is 12.6. The molecule has 6 N–H and O–H groups in total. The van der Waals surface area contributed by atoms with Gasteiger partial charge in [-0.15, -0.1) is 0 Å². The number of primary sulfonamides is 1. The second-order valence-electron chi connectivity index (χ2n) is 4.68. The average molecular weight is 315 g/mol. The van der Waals surface area contributed by atoms with Crippen LogP contribution in [-0.2, 0) is 10.0 Å². The van der Waals surface area contributed by atoms with E-state index < -0.39 is 10.0 Å². The summed E-state index contributed by atoms with van der Waals surface area (Å²) in [7, 11) is -3.58. The number of sulfonamides is 1. The van der Waals surface area contributed by atoms with Gasteiger partial charge in [-0.05, 0) is 35.7 Å². The molecular formula is C16H17N3O2S. The summed E-state index contributed by atoms with van der Waals surface area (Å²) >= 11 is 0. The molecule has 0 saturated carbocycles. The van der Waals surface area contributed by atoms with Gasteiger partial charge in [0.1, 0.15) is 0 Å². The number of nitrogens with two attached hydrogens (primary N) is 3. The maximum atomic E-state index is 10.7. The van der Waals surface area contributed by atoms with Gasteiger partial charge in [-0.1, -0.05) is 36.4 Å². The molecule has 0 saturated heterocycles. The lowest BCUT2D eigenvalue weighted by atomic mass is 10.1. The summed E-state index contributed by atoms with van der Waals surface area (Å²) in [4.78, 5) is 0.0756. The Balaban J connectivity index is 0.000000160. The van der Waals surface area contributed by atoms with Crippen molar-refractivity contribution < 1.29 is 8.42 Å². The highest BCUT2D eigenvalue weighted by molar-refractivity contribution is 7.89. The lowest BCUT2D eigenvalue weighted by Crippen LogP contribution is -2.11. The highest BCUT2D eigenvalue weighted by Crippen LogP contribution is 2.19. The molecule has 0 spiro atoms. The first kappa shape index (κ1) is 15.8. The van der Waals surface area contributed by atoms with Crippen LogP contribution >= 0.6 is 0 Å². The standard InChI is InChI=1S/C10H9N.C6H8N2O2S/c11-10-7-3-5-8-4-1-2-6-9(8)10;7-5-1-3-6(4-2-5)11(8,9)10/h1-7H,11H2;1-4H,7H2,(H2,8,9,10). The van der Waals surface area contributed by atoms with Gasteiger partial charge in [0.05, 0.1) is 4.90 Å². The number of anilines is 2. The Morgan fingerprint density at radius 3 is 1.91 bits per heavy atom. The van der Waals surface area contributed by atoms with Crippen LogP contribution in [0, 0.1) is 0 Å². The van der Waals surface area contributed by atoms with Crippen LogP contribution in [0.1, 0.15) is 0 Å². The van der Waals surface area contributed by atoms with Gasteiger partial charge in [0.15, 0.2) is 0 Å². The van der Waals surface area contributed by atoms with Crippen LogP contribution in [0.2, 0.25) is 0 Å². The van der Waals surface area contributed by atoms with Crippen molar-refractivity contribution in [3.63, 3.8) is 0 Å². The molecule has 0 aromatic heterocycles. The molecule has 0 fully saturated rings. The van der Waals surface area contributed by atoms with Crippen LogP contribution in [0.5, 0.6) is 0 Å². The lowest BCUT2D eigenvalue weighted by molar-refractivity contribution is 0.598. The number of hydrogen-bond acceptors (Lipinski definition) is 4. The number of benzene rings is 3. The smallest absolute Gasteiger partial charge is 0.238 e. The van der Waals surface area contributed by atoms with E-state index in [1.165, 1.54) is 29.7 Å². The van der Waals surface area contributed by atoms with Gasteiger partial charge in [-0.2, -0.15) is 0 Å². The van der Waals surface area contributed by atoms with Gasteiger partial charge in [0.2, 0.25) is 10.0 Å². The van der Waals surface area contributed by atoms with E-state index in [1.807, 2.05) is 30.3 Å². The molecule has 0 atom stereocenters. The molecule has 3 rings (SSSR count). The minimum Gasteiger partial charge on any atom is -0.399 e. The van der Waals surface area contributed by atoms with Gasteiger partial charge in [0, 0.05) is 16.8 Å². The van der Waals surface area contributed by atoms with Gasteiger partial charge < -0.3 is 11.5 Å². The van der Waals surface area contributed by atoms with Crippen molar-refractivity contribution in [3.8, 4) is 0 Å². The third-order valence-corrected chi connectivity index (χ3v) is 3.96. The van der Waals surface area contributed by atoms with E-state index in [-0.39, 0.29) is 4.90 Å². The number of nitrogen functional groups attached to an aromatic ring is 2. The van der Waals surface area contributed by atoms with Crippen molar-refractivity contribution in [2.45, 2.75) is 4.90 Å². The van der Waals surface area contributed by atoms with Crippen LogP contribution in [0.3, 0.4) is 0 Å². The third-order valence-electron chi connectivity index (χ3n) is 3.03. The molecule has 6 heteroatoms. The molecule has 0 heterocycles. The molecule has 0 aliphatic carbocycles. The minimum absolute atomic E-state index is 0.0756. The van der Waals surface area contributed by atoms with Crippen molar-refractivity contribution in [1.82, 2.24) is 0 Å². The molecule has 3 aromatic carbocycles. The maximum Gasteiger partial charge on any atom is 0.238 e. The SMILES string of the molecule is Nc1ccc(S(N)(=O)=O)cc1.Nc1cccc2ccccc12. The summed E-state index contributed by atoms with van der Waals surface area (Å²) in [5.41, 5.74) is 12.5. The first-order valence-electron chi connectivity index (χ1n) is 6.49. The summed E-state index contributed by atoms with van der Waals surface area (Å²) < 4.78 is 21.4. The monoisotopic (exact) mass is 315 g/mol. The van der Waals surface area contributed by atoms with Crippen LogP contribution in [0.4, 0.5) is 11.4 Å². The van der Waals surface area contributed by atoms with E-state index in [1.54, 1.807) is 0 Å². The molecule has 5 nitrogen and oxygen atoms in total. The van der Waals surface area contributed by atoms with E-state index in [9.17, 15) is 8.42 Å². The number of hydrogen-bond donors (Lipinski definition) is 3. The largest absolute Gasteiger partial charge is 0.399 e. The highest BCUT2D eigenvalue weighted by Gasteiger charge is 2.05.